The van der Waals surface area contributed by atoms with Gasteiger partial charge in [-0.2, -0.15) is 9.78 Å². The van der Waals surface area contributed by atoms with Gasteiger partial charge in [-0.3, -0.25) is 4.98 Å². The molecule has 0 amide bonds. The molecule has 0 aliphatic carbocycles. The van der Waals surface area contributed by atoms with Gasteiger partial charge in [0.15, 0.2) is 0 Å². The van der Waals surface area contributed by atoms with E-state index in [9.17, 15) is 4.79 Å². The zero-order valence-electron chi connectivity index (χ0n) is 9.68. The molecule has 5 nitrogen and oxygen atoms in total. The van der Waals surface area contributed by atoms with Gasteiger partial charge < -0.3 is 5.11 Å². The number of rotatable bonds is 4. The Morgan fingerprint density at radius 2 is 2.29 bits per heavy atom. The highest BCUT2D eigenvalue weighted by Gasteiger charge is 2.06. The third-order valence-corrected chi connectivity index (χ3v) is 2.48. The van der Waals surface area contributed by atoms with Gasteiger partial charge in [-0.15, -0.1) is 0 Å². The quantitative estimate of drug-likeness (QED) is 0.820. The Kier molecular flexibility index (Phi) is 3.39. The van der Waals surface area contributed by atoms with Crippen LogP contribution in [0.1, 0.15) is 17.8 Å². The van der Waals surface area contributed by atoms with Crippen molar-refractivity contribution < 1.29 is 5.11 Å². The summed E-state index contributed by atoms with van der Waals surface area (Å²) in [4.78, 5) is 14.4. The Hall–Kier alpha value is -1.88. The number of hydrogen-bond acceptors (Lipinski definition) is 3. The first-order valence-corrected chi connectivity index (χ1v) is 5.57. The molecule has 0 saturated heterocycles. The monoisotopic (exact) mass is 233 g/mol. The van der Waals surface area contributed by atoms with E-state index in [0.29, 0.717) is 18.7 Å². The minimum Gasteiger partial charge on any atom is -0.396 e. The zero-order chi connectivity index (χ0) is 12.3. The van der Waals surface area contributed by atoms with Crippen molar-refractivity contribution in [3.05, 3.63) is 46.1 Å². The number of aromatic amines is 1. The van der Waals surface area contributed by atoms with Crippen molar-refractivity contribution in [3.8, 4) is 5.69 Å². The molecule has 0 aliphatic heterocycles. The van der Waals surface area contributed by atoms with E-state index >= 15 is 0 Å². The summed E-state index contributed by atoms with van der Waals surface area (Å²) in [5.41, 5.74) is 1.58. The number of nitrogens with zero attached hydrogens (tertiary/aromatic N) is 2. The van der Waals surface area contributed by atoms with Gasteiger partial charge in [0.05, 0.1) is 5.69 Å². The summed E-state index contributed by atoms with van der Waals surface area (Å²) in [7, 11) is 0. The molecule has 0 fully saturated rings. The molecule has 0 spiro atoms. The normalized spacial score (nSPS) is 10.7. The number of aliphatic hydroxyl groups excluding tert-OH is 1. The number of aliphatic hydroxyl groups is 1. The molecule has 17 heavy (non-hydrogen) atoms. The SMILES string of the molecule is Cc1cccc(-n2nc(CCCO)[nH]c2=O)c1. The highest BCUT2D eigenvalue weighted by atomic mass is 16.3. The Morgan fingerprint density at radius 1 is 1.47 bits per heavy atom. The fourth-order valence-electron chi connectivity index (χ4n) is 1.66. The highest BCUT2D eigenvalue weighted by Crippen LogP contribution is 2.06. The van der Waals surface area contributed by atoms with Crippen LogP contribution in [0.2, 0.25) is 0 Å². The van der Waals surface area contributed by atoms with Gasteiger partial charge in [0.2, 0.25) is 0 Å². The topological polar surface area (TPSA) is 70.9 Å². The lowest BCUT2D eigenvalue weighted by molar-refractivity contribution is 0.287. The van der Waals surface area contributed by atoms with Gasteiger partial charge in [0.1, 0.15) is 5.82 Å². The largest absolute Gasteiger partial charge is 0.396 e. The number of aromatic nitrogens is 3. The van der Waals surface area contributed by atoms with E-state index < -0.39 is 0 Å². The van der Waals surface area contributed by atoms with Crippen molar-refractivity contribution in [2.24, 2.45) is 0 Å². The number of H-pyrrole nitrogens is 1. The van der Waals surface area contributed by atoms with Gasteiger partial charge >= 0.3 is 5.69 Å². The fraction of sp³-hybridized carbons (Fsp3) is 0.333. The average Bonchev–Trinajstić information content (AvgIpc) is 2.68. The number of nitrogens with one attached hydrogen (secondary N) is 1. The van der Waals surface area contributed by atoms with Crippen LogP contribution >= 0.6 is 0 Å². The van der Waals surface area contributed by atoms with Gasteiger partial charge in [-0.1, -0.05) is 12.1 Å². The second-order valence-corrected chi connectivity index (χ2v) is 3.95. The molecule has 0 bridgehead atoms. The third-order valence-electron chi connectivity index (χ3n) is 2.48. The lowest BCUT2D eigenvalue weighted by atomic mass is 10.2. The molecule has 1 heterocycles. The molecule has 2 aromatic rings. The molecule has 1 aromatic heterocycles. The first-order valence-electron chi connectivity index (χ1n) is 5.57. The molecule has 1 aromatic carbocycles. The zero-order valence-corrected chi connectivity index (χ0v) is 9.68. The molecular formula is C12H15N3O2. The maximum absolute atomic E-state index is 11.7. The summed E-state index contributed by atoms with van der Waals surface area (Å²) in [6.07, 6.45) is 1.17. The fourth-order valence-corrected chi connectivity index (χ4v) is 1.66. The summed E-state index contributed by atoms with van der Waals surface area (Å²) in [6, 6.07) is 7.59. The number of hydrogen-bond donors (Lipinski definition) is 2. The van der Waals surface area contributed by atoms with Crippen LogP contribution in [0.4, 0.5) is 0 Å². The smallest absolute Gasteiger partial charge is 0.348 e. The van der Waals surface area contributed by atoms with Crippen LogP contribution in [0, 0.1) is 6.92 Å². The van der Waals surface area contributed by atoms with Gasteiger partial charge in [-0.25, -0.2) is 4.79 Å². The molecule has 0 aliphatic rings. The average molecular weight is 233 g/mol. The first kappa shape index (κ1) is 11.6. The number of benzene rings is 1. The lowest BCUT2D eigenvalue weighted by Crippen LogP contribution is -2.15. The maximum Gasteiger partial charge on any atom is 0.348 e. The van der Waals surface area contributed by atoms with Crippen molar-refractivity contribution in [3.63, 3.8) is 0 Å². The van der Waals surface area contributed by atoms with Gasteiger partial charge in [-0.05, 0) is 31.0 Å². The Labute approximate surface area is 98.7 Å². The minimum absolute atomic E-state index is 0.0966. The van der Waals surface area contributed by atoms with Crippen LogP contribution in [-0.4, -0.2) is 26.5 Å². The summed E-state index contributed by atoms with van der Waals surface area (Å²) < 4.78 is 1.35. The molecule has 2 N–H and O–H groups in total. The Morgan fingerprint density at radius 3 is 3.00 bits per heavy atom. The summed E-state index contributed by atoms with van der Waals surface area (Å²) in [6.45, 7) is 2.06. The van der Waals surface area contributed by atoms with E-state index in [-0.39, 0.29) is 12.3 Å². The van der Waals surface area contributed by atoms with Crippen LogP contribution in [0.3, 0.4) is 0 Å². The molecule has 0 unspecified atom stereocenters. The highest BCUT2D eigenvalue weighted by molar-refractivity contribution is 5.33. The van der Waals surface area contributed by atoms with Crippen LogP contribution in [-0.2, 0) is 6.42 Å². The van der Waals surface area contributed by atoms with Crippen LogP contribution < -0.4 is 5.69 Å². The predicted octanol–water partition coefficient (Wildman–Crippen LogP) is 0.794. The summed E-state index contributed by atoms with van der Waals surface area (Å²) in [5, 5.41) is 12.9. The van der Waals surface area contributed by atoms with Crippen molar-refractivity contribution >= 4 is 0 Å². The molecule has 0 saturated carbocycles. The van der Waals surface area contributed by atoms with E-state index in [2.05, 4.69) is 10.1 Å². The maximum atomic E-state index is 11.7. The Balaban J connectivity index is 2.33. The van der Waals surface area contributed by atoms with Crippen molar-refractivity contribution in [2.45, 2.75) is 19.8 Å². The Bertz CT molecular complexity index is 557. The van der Waals surface area contributed by atoms with E-state index in [1.165, 1.54) is 4.68 Å². The van der Waals surface area contributed by atoms with E-state index in [0.717, 1.165) is 11.3 Å². The number of aryl methyl sites for hydroxylation is 2. The molecule has 0 atom stereocenters. The molecule has 5 heteroatoms. The first-order chi connectivity index (χ1) is 8.20. The molecule has 0 radical (unpaired) electrons. The minimum atomic E-state index is -0.247. The van der Waals surface area contributed by atoms with Crippen LogP contribution in [0.5, 0.6) is 0 Å². The van der Waals surface area contributed by atoms with Crippen molar-refractivity contribution in [1.82, 2.24) is 14.8 Å². The standard InChI is InChI=1S/C12H15N3O2/c1-9-4-2-5-10(8-9)15-12(17)13-11(14-15)6-3-7-16/h2,4-5,8,16H,3,6-7H2,1H3,(H,13,14,17). The molecular weight excluding hydrogens is 218 g/mol. The third kappa shape index (κ3) is 2.62. The second-order valence-electron chi connectivity index (χ2n) is 3.95. The van der Waals surface area contributed by atoms with Gasteiger partial charge in [0.25, 0.3) is 0 Å². The summed E-state index contributed by atoms with van der Waals surface area (Å²) in [5.74, 6) is 0.602. The van der Waals surface area contributed by atoms with Crippen molar-refractivity contribution in [2.75, 3.05) is 6.61 Å². The van der Waals surface area contributed by atoms with E-state index in [1.807, 2.05) is 31.2 Å². The predicted molar refractivity (Wildman–Crippen MR) is 64.3 cm³/mol. The van der Waals surface area contributed by atoms with Crippen molar-refractivity contribution in [1.29, 1.82) is 0 Å². The van der Waals surface area contributed by atoms with E-state index in [4.69, 9.17) is 5.11 Å². The van der Waals surface area contributed by atoms with Gasteiger partial charge in [0, 0.05) is 13.0 Å². The van der Waals surface area contributed by atoms with Crippen LogP contribution in [0.25, 0.3) is 5.69 Å². The molecule has 90 valence electrons. The summed E-state index contributed by atoms with van der Waals surface area (Å²) >= 11 is 0. The second kappa shape index (κ2) is 4.97. The molecule has 2 rings (SSSR count). The van der Waals surface area contributed by atoms with Crippen LogP contribution in [0.15, 0.2) is 29.1 Å². The lowest BCUT2D eigenvalue weighted by Gasteiger charge is -1.99. The van der Waals surface area contributed by atoms with E-state index in [1.54, 1.807) is 0 Å².